The number of rotatable bonds is 3. The van der Waals surface area contributed by atoms with Crippen molar-refractivity contribution in [2.24, 2.45) is 0 Å². The first kappa shape index (κ1) is 21.5. The van der Waals surface area contributed by atoms with Crippen LogP contribution in [0, 0.1) is 34.9 Å². The van der Waals surface area contributed by atoms with Crippen LogP contribution in [0.2, 0.25) is 0 Å². The summed E-state index contributed by atoms with van der Waals surface area (Å²) >= 11 is 0. The summed E-state index contributed by atoms with van der Waals surface area (Å²) in [4.78, 5) is 30.8. The molecule has 0 fully saturated rings. The predicted molar refractivity (Wildman–Crippen MR) is 73.5 cm³/mol. The van der Waals surface area contributed by atoms with Crippen molar-refractivity contribution in [1.29, 1.82) is 0 Å². The molecule has 27 heavy (non-hydrogen) atoms. The maximum Gasteiger partial charge on any atom is 0.338 e. The first-order valence-electron chi connectivity index (χ1n) is 6.41. The van der Waals surface area contributed by atoms with Crippen molar-refractivity contribution >= 4 is 17.9 Å². The average Bonchev–Trinajstić information content (AvgIpc) is 2.57. The van der Waals surface area contributed by atoms with E-state index in [4.69, 9.17) is 15.3 Å². The SMILES string of the molecule is O=C(O)c1cc(C(=O)O)c(F)c(F)c1F.O=C(O)c1ccc(F)c(F)c1F. The first-order valence-corrected chi connectivity index (χ1v) is 6.41. The van der Waals surface area contributed by atoms with Crippen LogP contribution in [-0.4, -0.2) is 33.2 Å². The van der Waals surface area contributed by atoms with Crippen LogP contribution in [0.4, 0.5) is 26.3 Å². The molecule has 0 heterocycles. The van der Waals surface area contributed by atoms with Gasteiger partial charge in [0.25, 0.3) is 0 Å². The van der Waals surface area contributed by atoms with Gasteiger partial charge in [-0.15, -0.1) is 0 Å². The van der Waals surface area contributed by atoms with Crippen molar-refractivity contribution < 1.29 is 56.0 Å². The Morgan fingerprint density at radius 1 is 0.556 bits per heavy atom. The quantitative estimate of drug-likeness (QED) is 0.542. The standard InChI is InChI=1S/C8H3F3O4.C7H3F3O2/c9-4-2(7(12)13)1-3(8(14)15)5(10)6(4)11;8-4-2-1-3(7(11)12)5(9)6(4)10/h1H,(H,12,13)(H,14,15);1-2H,(H,11,12). The molecule has 0 radical (unpaired) electrons. The van der Waals surface area contributed by atoms with E-state index in [2.05, 4.69) is 0 Å². The van der Waals surface area contributed by atoms with Crippen molar-refractivity contribution in [2.45, 2.75) is 0 Å². The van der Waals surface area contributed by atoms with Gasteiger partial charge in [0.15, 0.2) is 34.9 Å². The van der Waals surface area contributed by atoms with Crippen molar-refractivity contribution in [3.05, 3.63) is 69.8 Å². The summed E-state index contributed by atoms with van der Waals surface area (Å²) in [6, 6.07) is 1.44. The van der Waals surface area contributed by atoms with Gasteiger partial charge in [-0.2, -0.15) is 0 Å². The highest BCUT2D eigenvalue weighted by Crippen LogP contribution is 2.20. The molecule has 0 saturated carbocycles. The molecule has 12 heteroatoms. The van der Waals surface area contributed by atoms with E-state index >= 15 is 0 Å². The minimum atomic E-state index is -2.12. The van der Waals surface area contributed by atoms with Gasteiger partial charge in [0, 0.05) is 0 Å². The summed E-state index contributed by atoms with van der Waals surface area (Å²) in [5.74, 6) is -16.2. The number of hydrogen-bond acceptors (Lipinski definition) is 3. The van der Waals surface area contributed by atoms with E-state index in [1.54, 1.807) is 0 Å². The highest BCUT2D eigenvalue weighted by atomic mass is 19.2. The highest BCUT2D eigenvalue weighted by molar-refractivity contribution is 5.94. The van der Waals surface area contributed by atoms with Crippen LogP contribution in [0.5, 0.6) is 0 Å². The molecule has 0 saturated heterocycles. The molecule has 144 valence electrons. The fourth-order valence-corrected chi connectivity index (χ4v) is 1.61. The van der Waals surface area contributed by atoms with Gasteiger partial charge in [0.05, 0.1) is 16.7 Å². The molecule has 6 nitrogen and oxygen atoms in total. The second-order valence-corrected chi connectivity index (χ2v) is 4.55. The molecule has 3 N–H and O–H groups in total. The molecule has 0 aliphatic carbocycles. The largest absolute Gasteiger partial charge is 0.478 e. The lowest BCUT2D eigenvalue weighted by molar-refractivity contribution is 0.0673. The molecule has 0 aliphatic rings. The van der Waals surface area contributed by atoms with Crippen LogP contribution in [-0.2, 0) is 0 Å². The maximum absolute atomic E-state index is 12.8. The molecule has 2 aromatic rings. The van der Waals surface area contributed by atoms with Crippen LogP contribution in [0.3, 0.4) is 0 Å². The summed E-state index contributed by atoms with van der Waals surface area (Å²) in [6.45, 7) is 0. The van der Waals surface area contributed by atoms with Crippen molar-refractivity contribution in [3.63, 3.8) is 0 Å². The lowest BCUT2D eigenvalue weighted by Crippen LogP contribution is -2.11. The maximum atomic E-state index is 12.8. The second-order valence-electron chi connectivity index (χ2n) is 4.55. The summed E-state index contributed by atoms with van der Waals surface area (Å²) in [6.07, 6.45) is 0. The zero-order valence-electron chi connectivity index (χ0n) is 12.6. The third-order valence-corrected chi connectivity index (χ3v) is 2.87. The second kappa shape index (κ2) is 8.21. The van der Waals surface area contributed by atoms with Crippen LogP contribution >= 0.6 is 0 Å². The first-order chi connectivity index (χ1) is 12.4. The number of carboxylic acids is 3. The Bertz CT molecular complexity index is 905. The van der Waals surface area contributed by atoms with Gasteiger partial charge in [-0.25, -0.2) is 40.7 Å². The Hall–Kier alpha value is -3.57. The molecular formula is C15H6F6O6. The Morgan fingerprint density at radius 2 is 0.926 bits per heavy atom. The molecule has 0 atom stereocenters. The van der Waals surface area contributed by atoms with Crippen LogP contribution in [0.25, 0.3) is 0 Å². The predicted octanol–water partition coefficient (Wildman–Crippen LogP) is 3.30. The monoisotopic (exact) mass is 396 g/mol. The van der Waals surface area contributed by atoms with Gasteiger partial charge >= 0.3 is 17.9 Å². The normalized spacial score (nSPS) is 10.0. The summed E-state index contributed by atoms with van der Waals surface area (Å²) in [5.41, 5.74) is -3.34. The number of hydrogen-bond donors (Lipinski definition) is 3. The molecule has 0 spiro atoms. The van der Waals surface area contributed by atoms with E-state index in [0.29, 0.717) is 12.1 Å². The van der Waals surface area contributed by atoms with E-state index in [9.17, 15) is 40.7 Å². The van der Waals surface area contributed by atoms with Crippen LogP contribution < -0.4 is 0 Å². The van der Waals surface area contributed by atoms with Crippen molar-refractivity contribution in [1.82, 2.24) is 0 Å². The summed E-state index contributed by atoms with van der Waals surface area (Å²) in [7, 11) is 0. The van der Waals surface area contributed by atoms with Gasteiger partial charge in [0.2, 0.25) is 0 Å². The van der Waals surface area contributed by atoms with Gasteiger partial charge in [-0.3, -0.25) is 0 Å². The van der Waals surface area contributed by atoms with Crippen molar-refractivity contribution in [2.75, 3.05) is 0 Å². The van der Waals surface area contributed by atoms with Gasteiger partial charge in [-0.1, -0.05) is 0 Å². The summed E-state index contributed by atoms with van der Waals surface area (Å²) < 4.78 is 75.3. The summed E-state index contributed by atoms with van der Waals surface area (Å²) in [5, 5.41) is 25.0. The fraction of sp³-hybridized carbons (Fsp3) is 0. The van der Waals surface area contributed by atoms with Crippen molar-refractivity contribution in [3.8, 4) is 0 Å². The third-order valence-electron chi connectivity index (χ3n) is 2.87. The number of carboxylic acid groups (broad SMARTS) is 3. The molecule has 0 aliphatic heterocycles. The van der Waals surface area contributed by atoms with E-state index in [0.717, 1.165) is 0 Å². The smallest absolute Gasteiger partial charge is 0.338 e. The Balaban J connectivity index is 0.000000277. The zero-order chi connectivity index (χ0) is 21.0. The number of aromatic carboxylic acids is 3. The lowest BCUT2D eigenvalue weighted by Gasteiger charge is -2.03. The topological polar surface area (TPSA) is 112 Å². The molecule has 2 rings (SSSR count). The van der Waals surface area contributed by atoms with Gasteiger partial charge in [0.1, 0.15) is 0 Å². The van der Waals surface area contributed by atoms with E-state index in [1.165, 1.54) is 0 Å². The van der Waals surface area contributed by atoms with Crippen LogP contribution in [0.15, 0.2) is 18.2 Å². The Morgan fingerprint density at radius 3 is 1.30 bits per heavy atom. The average molecular weight is 396 g/mol. The minimum Gasteiger partial charge on any atom is -0.478 e. The molecule has 0 amide bonds. The highest BCUT2D eigenvalue weighted by Gasteiger charge is 2.25. The Kier molecular flexibility index (Phi) is 6.53. The van der Waals surface area contributed by atoms with E-state index < -0.39 is 69.5 Å². The van der Waals surface area contributed by atoms with E-state index in [1.807, 2.05) is 0 Å². The third kappa shape index (κ3) is 4.54. The zero-order valence-corrected chi connectivity index (χ0v) is 12.6. The lowest BCUT2D eigenvalue weighted by atomic mass is 10.1. The molecule has 2 aromatic carbocycles. The fourth-order valence-electron chi connectivity index (χ4n) is 1.61. The van der Waals surface area contributed by atoms with Gasteiger partial charge in [-0.05, 0) is 18.2 Å². The van der Waals surface area contributed by atoms with Gasteiger partial charge < -0.3 is 15.3 Å². The number of carbonyl (C=O) groups is 3. The molecule has 0 unspecified atom stereocenters. The molecule has 0 aromatic heterocycles. The molecular weight excluding hydrogens is 390 g/mol. The minimum absolute atomic E-state index is 0.221. The number of benzene rings is 2. The van der Waals surface area contributed by atoms with E-state index in [-0.39, 0.29) is 6.07 Å². The molecule has 0 bridgehead atoms. The number of halogens is 6. The Labute approximate surface area is 144 Å². The van der Waals surface area contributed by atoms with Crippen LogP contribution in [0.1, 0.15) is 31.1 Å².